The predicted molar refractivity (Wildman–Crippen MR) is 56.2 cm³/mol. The van der Waals surface area contributed by atoms with Crippen LogP contribution in [0, 0.1) is 11.3 Å². The first kappa shape index (κ1) is 11.5. The molecule has 0 aromatic heterocycles. The SMILES string of the molecule is CC1C(C)(C)C(C)(C)N[C@]1(C)C(=O)O. The number of aliphatic carboxylic acids is 1. The maximum atomic E-state index is 11.2. The van der Waals surface area contributed by atoms with Gasteiger partial charge in [-0.15, -0.1) is 0 Å². The van der Waals surface area contributed by atoms with E-state index in [1.807, 2.05) is 6.92 Å². The lowest BCUT2D eigenvalue weighted by molar-refractivity contribution is -0.145. The van der Waals surface area contributed by atoms with E-state index in [9.17, 15) is 9.90 Å². The fourth-order valence-electron chi connectivity index (χ4n) is 2.42. The quantitative estimate of drug-likeness (QED) is 0.678. The molecule has 0 amide bonds. The second kappa shape index (κ2) is 2.72. The van der Waals surface area contributed by atoms with E-state index in [1.165, 1.54) is 0 Å². The third kappa shape index (κ3) is 1.18. The zero-order valence-electron chi connectivity index (χ0n) is 9.93. The van der Waals surface area contributed by atoms with Gasteiger partial charge in [0.2, 0.25) is 0 Å². The number of hydrogen-bond donors (Lipinski definition) is 2. The van der Waals surface area contributed by atoms with Gasteiger partial charge in [-0.3, -0.25) is 10.1 Å². The summed E-state index contributed by atoms with van der Waals surface area (Å²) in [5, 5.41) is 12.5. The van der Waals surface area contributed by atoms with E-state index in [-0.39, 0.29) is 16.9 Å². The molecule has 1 aliphatic heterocycles. The Morgan fingerprint density at radius 2 is 1.64 bits per heavy atom. The maximum absolute atomic E-state index is 11.2. The van der Waals surface area contributed by atoms with Gasteiger partial charge in [0.25, 0.3) is 0 Å². The van der Waals surface area contributed by atoms with Crippen molar-refractivity contribution < 1.29 is 9.90 Å². The van der Waals surface area contributed by atoms with Crippen LogP contribution < -0.4 is 5.32 Å². The van der Waals surface area contributed by atoms with Gasteiger partial charge in [0, 0.05) is 5.54 Å². The van der Waals surface area contributed by atoms with Crippen molar-refractivity contribution in [2.45, 2.75) is 52.6 Å². The minimum Gasteiger partial charge on any atom is -0.480 e. The first-order chi connectivity index (χ1) is 6.06. The van der Waals surface area contributed by atoms with Gasteiger partial charge < -0.3 is 5.11 Å². The van der Waals surface area contributed by atoms with Crippen molar-refractivity contribution in [2.24, 2.45) is 11.3 Å². The van der Waals surface area contributed by atoms with Crippen LogP contribution in [0.1, 0.15) is 41.5 Å². The molecule has 0 aliphatic carbocycles. The second-order valence-corrected chi connectivity index (χ2v) is 5.70. The number of nitrogens with one attached hydrogen (secondary N) is 1. The summed E-state index contributed by atoms with van der Waals surface area (Å²) in [5.74, 6) is -0.661. The summed E-state index contributed by atoms with van der Waals surface area (Å²) in [6, 6.07) is 0. The van der Waals surface area contributed by atoms with Gasteiger partial charge >= 0.3 is 5.97 Å². The normalized spacial score (nSPS) is 39.7. The summed E-state index contributed by atoms with van der Waals surface area (Å²) in [7, 11) is 0. The molecule has 0 bridgehead atoms. The summed E-state index contributed by atoms with van der Waals surface area (Å²) in [4.78, 5) is 11.2. The average Bonchev–Trinajstić information content (AvgIpc) is 2.11. The highest BCUT2D eigenvalue weighted by Crippen LogP contribution is 2.50. The minimum absolute atomic E-state index is 0.0276. The van der Waals surface area contributed by atoms with E-state index in [4.69, 9.17) is 0 Å². The van der Waals surface area contributed by atoms with Crippen molar-refractivity contribution in [3.8, 4) is 0 Å². The minimum atomic E-state index is -0.812. The standard InChI is InChI=1S/C11H21NO2/c1-7-9(2,3)10(4,5)12-11(7,6)8(13)14/h7,12H,1-6H3,(H,13,14)/t7?,11-/m0/s1. The third-order valence-electron chi connectivity index (χ3n) is 4.58. The zero-order chi connectivity index (χ0) is 11.4. The monoisotopic (exact) mass is 199 g/mol. The van der Waals surface area contributed by atoms with Crippen LogP contribution in [-0.2, 0) is 4.79 Å². The summed E-state index contributed by atoms with van der Waals surface area (Å²) in [5.41, 5.74) is -0.993. The molecule has 0 radical (unpaired) electrons. The molecule has 0 aromatic carbocycles. The lowest BCUT2D eigenvalue weighted by Gasteiger charge is -2.37. The first-order valence-corrected chi connectivity index (χ1v) is 5.08. The van der Waals surface area contributed by atoms with Crippen LogP contribution in [0.15, 0.2) is 0 Å². The van der Waals surface area contributed by atoms with Gasteiger partial charge in [0.1, 0.15) is 5.54 Å². The molecular weight excluding hydrogens is 178 g/mol. The molecule has 3 nitrogen and oxygen atoms in total. The molecule has 82 valence electrons. The molecule has 2 atom stereocenters. The van der Waals surface area contributed by atoms with Gasteiger partial charge in [-0.25, -0.2) is 0 Å². The largest absolute Gasteiger partial charge is 0.480 e. The number of carboxylic acids is 1. The fourth-order valence-corrected chi connectivity index (χ4v) is 2.42. The van der Waals surface area contributed by atoms with Gasteiger partial charge in [-0.2, -0.15) is 0 Å². The predicted octanol–water partition coefficient (Wildman–Crippen LogP) is 1.87. The highest BCUT2D eigenvalue weighted by Gasteiger charge is 2.60. The van der Waals surface area contributed by atoms with Gasteiger partial charge in [0.15, 0.2) is 0 Å². The van der Waals surface area contributed by atoms with E-state index in [0.29, 0.717) is 0 Å². The molecular formula is C11H21NO2. The Morgan fingerprint density at radius 1 is 1.21 bits per heavy atom. The lowest BCUT2D eigenvalue weighted by atomic mass is 9.67. The van der Waals surface area contributed by atoms with Crippen molar-refractivity contribution in [3.63, 3.8) is 0 Å². The molecule has 0 saturated carbocycles. The Kier molecular flexibility index (Phi) is 2.24. The van der Waals surface area contributed by atoms with Gasteiger partial charge in [0.05, 0.1) is 0 Å². The number of hydrogen-bond acceptors (Lipinski definition) is 2. The molecule has 1 rings (SSSR count). The van der Waals surface area contributed by atoms with E-state index in [1.54, 1.807) is 6.92 Å². The molecule has 1 unspecified atom stereocenters. The summed E-state index contributed by atoms with van der Waals surface area (Å²) < 4.78 is 0. The first-order valence-electron chi connectivity index (χ1n) is 5.08. The van der Waals surface area contributed by atoms with Crippen LogP contribution in [0.4, 0.5) is 0 Å². The topological polar surface area (TPSA) is 49.3 Å². The Balaban J connectivity index is 3.18. The van der Waals surface area contributed by atoms with Crippen molar-refractivity contribution in [3.05, 3.63) is 0 Å². The van der Waals surface area contributed by atoms with Gasteiger partial charge in [-0.1, -0.05) is 20.8 Å². The van der Waals surface area contributed by atoms with Crippen LogP contribution in [0.25, 0.3) is 0 Å². The van der Waals surface area contributed by atoms with Crippen LogP contribution in [0.2, 0.25) is 0 Å². The molecule has 1 saturated heterocycles. The third-order valence-corrected chi connectivity index (χ3v) is 4.58. The average molecular weight is 199 g/mol. The Hall–Kier alpha value is -0.570. The molecule has 2 N–H and O–H groups in total. The molecule has 1 fully saturated rings. The van der Waals surface area contributed by atoms with Crippen molar-refractivity contribution in [1.82, 2.24) is 5.32 Å². The summed E-state index contributed by atoms with van der Waals surface area (Å²) >= 11 is 0. The molecule has 1 heterocycles. The number of carboxylic acid groups (broad SMARTS) is 1. The number of rotatable bonds is 1. The Labute approximate surface area is 85.9 Å². The Morgan fingerprint density at radius 3 is 1.79 bits per heavy atom. The summed E-state index contributed by atoms with van der Waals surface area (Å²) in [6.45, 7) is 12.2. The smallest absolute Gasteiger partial charge is 0.323 e. The lowest BCUT2D eigenvalue weighted by Crippen LogP contribution is -2.53. The highest BCUT2D eigenvalue weighted by atomic mass is 16.4. The molecule has 14 heavy (non-hydrogen) atoms. The number of carbonyl (C=O) groups is 1. The van der Waals surface area contributed by atoms with Crippen molar-refractivity contribution >= 4 is 5.97 Å². The Bertz CT molecular complexity index is 270. The molecule has 1 aliphatic rings. The van der Waals surface area contributed by atoms with E-state index in [2.05, 4.69) is 33.0 Å². The molecule has 0 aromatic rings. The second-order valence-electron chi connectivity index (χ2n) is 5.70. The zero-order valence-corrected chi connectivity index (χ0v) is 9.93. The molecule has 0 spiro atoms. The molecule has 3 heteroatoms. The van der Waals surface area contributed by atoms with E-state index < -0.39 is 11.5 Å². The van der Waals surface area contributed by atoms with E-state index in [0.717, 1.165) is 0 Å². The highest BCUT2D eigenvalue weighted by molar-refractivity contribution is 5.79. The van der Waals surface area contributed by atoms with Crippen LogP contribution in [0.3, 0.4) is 0 Å². The van der Waals surface area contributed by atoms with Crippen molar-refractivity contribution in [1.29, 1.82) is 0 Å². The summed E-state index contributed by atoms with van der Waals surface area (Å²) in [6.07, 6.45) is 0. The fraction of sp³-hybridized carbons (Fsp3) is 0.909. The van der Waals surface area contributed by atoms with Crippen LogP contribution in [0.5, 0.6) is 0 Å². The van der Waals surface area contributed by atoms with Crippen LogP contribution >= 0.6 is 0 Å². The van der Waals surface area contributed by atoms with Crippen LogP contribution in [-0.4, -0.2) is 22.2 Å². The van der Waals surface area contributed by atoms with Crippen molar-refractivity contribution in [2.75, 3.05) is 0 Å². The van der Waals surface area contributed by atoms with Gasteiger partial charge in [-0.05, 0) is 32.1 Å². The van der Waals surface area contributed by atoms with E-state index >= 15 is 0 Å². The maximum Gasteiger partial charge on any atom is 0.323 e.